The molecule has 0 radical (unpaired) electrons. The van der Waals surface area contributed by atoms with Crippen molar-refractivity contribution in [2.45, 2.75) is 25.9 Å². The first-order chi connectivity index (χ1) is 17.4. The SMILES string of the molecule is CC(C)c1cc(-c2ccc(OCCNC[C@H](O)c3ccc(O)c(NS(C)(=O)=O)c3)cc2)ccc1C(=O)O. The van der Waals surface area contributed by atoms with Gasteiger partial charge in [0.25, 0.3) is 0 Å². The van der Waals surface area contributed by atoms with Gasteiger partial charge in [0, 0.05) is 13.1 Å². The number of benzene rings is 3. The molecule has 3 aromatic rings. The van der Waals surface area contributed by atoms with Crippen molar-refractivity contribution in [2.24, 2.45) is 0 Å². The monoisotopic (exact) mass is 528 g/mol. The molecule has 0 aromatic heterocycles. The predicted octanol–water partition coefficient (Wildman–Crippen LogP) is 3.95. The molecule has 0 unspecified atom stereocenters. The molecule has 0 saturated heterocycles. The minimum Gasteiger partial charge on any atom is -0.506 e. The number of phenolic OH excluding ortho intramolecular Hbond substituents is 1. The summed E-state index contributed by atoms with van der Waals surface area (Å²) in [5.41, 5.74) is 3.43. The van der Waals surface area contributed by atoms with Gasteiger partial charge in [0.05, 0.1) is 23.6 Å². The number of sulfonamides is 1. The fourth-order valence-electron chi connectivity index (χ4n) is 3.80. The number of ether oxygens (including phenoxy) is 1. The first-order valence-corrected chi connectivity index (χ1v) is 13.6. The highest BCUT2D eigenvalue weighted by Gasteiger charge is 2.15. The van der Waals surface area contributed by atoms with E-state index in [1.807, 2.05) is 44.2 Å². The number of aromatic hydroxyl groups is 1. The zero-order valence-electron chi connectivity index (χ0n) is 20.9. The Bertz CT molecular complexity index is 1340. The van der Waals surface area contributed by atoms with E-state index in [9.17, 15) is 28.5 Å². The second-order valence-electron chi connectivity index (χ2n) is 9.01. The number of nitrogens with one attached hydrogen (secondary N) is 2. The summed E-state index contributed by atoms with van der Waals surface area (Å²) in [6, 6.07) is 17.1. The Morgan fingerprint density at radius 2 is 1.68 bits per heavy atom. The minimum atomic E-state index is -3.57. The fourth-order valence-corrected chi connectivity index (χ4v) is 4.36. The molecule has 198 valence electrons. The molecule has 9 nitrogen and oxygen atoms in total. The molecule has 0 fully saturated rings. The van der Waals surface area contributed by atoms with Crippen molar-refractivity contribution >= 4 is 21.7 Å². The normalized spacial score (nSPS) is 12.4. The second-order valence-corrected chi connectivity index (χ2v) is 10.8. The Kier molecular flexibility index (Phi) is 9.14. The predicted molar refractivity (Wildman–Crippen MR) is 143 cm³/mol. The molecule has 0 aliphatic carbocycles. The van der Waals surface area contributed by atoms with Gasteiger partial charge in [-0.25, -0.2) is 13.2 Å². The quantitative estimate of drug-likeness (QED) is 0.175. The number of phenols is 1. The Morgan fingerprint density at radius 3 is 2.30 bits per heavy atom. The van der Waals surface area contributed by atoms with Crippen LogP contribution in [0.2, 0.25) is 0 Å². The highest BCUT2D eigenvalue weighted by atomic mass is 32.2. The van der Waals surface area contributed by atoms with Crippen molar-refractivity contribution in [3.8, 4) is 22.6 Å². The van der Waals surface area contributed by atoms with E-state index < -0.39 is 22.1 Å². The smallest absolute Gasteiger partial charge is 0.335 e. The average Bonchev–Trinajstić information content (AvgIpc) is 2.84. The summed E-state index contributed by atoms with van der Waals surface area (Å²) in [6.45, 7) is 4.95. The van der Waals surface area contributed by atoms with Crippen LogP contribution in [-0.2, 0) is 10.0 Å². The van der Waals surface area contributed by atoms with E-state index in [-0.39, 0.29) is 23.9 Å². The maximum atomic E-state index is 11.5. The van der Waals surface area contributed by atoms with Gasteiger partial charge in [0.1, 0.15) is 18.1 Å². The summed E-state index contributed by atoms with van der Waals surface area (Å²) in [7, 11) is -3.57. The maximum absolute atomic E-state index is 11.5. The van der Waals surface area contributed by atoms with Gasteiger partial charge < -0.3 is 25.4 Å². The van der Waals surface area contributed by atoms with Crippen LogP contribution in [0.15, 0.2) is 60.7 Å². The number of rotatable bonds is 12. The summed E-state index contributed by atoms with van der Waals surface area (Å²) in [6.07, 6.45) is 0.0643. The lowest BCUT2D eigenvalue weighted by molar-refractivity contribution is 0.0695. The topological polar surface area (TPSA) is 145 Å². The van der Waals surface area contributed by atoms with Gasteiger partial charge in [-0.1, -0.05) is 44.2 Å². The Balaban J connectivity index is 1.50. The third-order valence-corrected chi connectivity index (χ3v) is 6.27. The third kappa shape index (κ3) is 7.94. The van der Waals surface area contributed by atoms with Crippen molar-refractivity contribution in [1.29, 1.82) is 0 Å². The molecular weight excluding hydrogens is 496 g/mol. The molecule has 1 atom stereocenters. The van der Waals surface area contributed by atoms with E-state index in [1.54, 1.807) is 12.1 Å². The molecule has 37 heavy (non-hydrogen) atoms. The standard InChI is InChI=1S/C27H32N2O7S/c1-17(2)23-14-19(6-10-22(23)27(32)33)18-4-8-21(9-5-18)36-13-12-28-16-26(31)20-7-11-25(30)24(15-20)29-37(3,34)35/h4-11,14-15,17,26,28-31H,12-13,16H2,1-3H3,(H,32,33)/t26-/m0/s1. The first kappa shape index (κ1) is 28.0. The van der Waals surface area contributed by atoms with Crippen molar-refractivity contribution in [3.05, 3.63) is 77.4 Å². The Labute approximate surface area is 216 Å². The molecule has 0 spiro atoms. The van der Waals surface area contributed by atoms with Crippen LogP contribution in [0.1, 0.15) is 47.4 Å². The van der Waals surface area contributed by atoms with E-state index in [0.29, 0.717) is 30.0 Å². The maximum Gasteiger partial charge on any atom is 0.335 e. The van der Waals surface area contributed by atoms with E-state index in [2.05, 4.69) is 10.0 Å². The third-order valence-electron chi connectivity index (χ3n) is 5.68. The van der Waals surface area contributed by atoms with E-state index in [1.165, 1.54) is 18.2 Å². The van der Waals surface area contributed by atoms with Crippen LogP contribution >= 0.6 is 0 Å². The van der Waals surface area contributed by atoms with Crippen LogP contribution in [-0.4, -0.2) is 55.7 Å². The second kappa shape index (κ2) is 12.1. The molecule has 0 saturated carbocycles. The van der Waals surface area contributed by atoms with Gasteiger partial charge in [0.2, 0.25) is 10.0 Å². The number of aliphatic hydroxyl groups is 1. The molecule has 0 aliphatic heterocycles. The average molecular weight is 529 g/mol. The Morgan fingerprint density at radius 1 is 1.00 bits per heavy atom. The summed E-state index contributed by atoms with van der Waals surface area (Å²) in [5, 5.41) is 32.7. The zero-order chi connectivity index (χ0) is 27.2. The highest BCUT2D eigenvalue weighted by Crippen LogP contribution is 2.29. The van der Waals surface area contributed by atoms with Crippen LogP contribution in [0.5, 0.6) is 11.5 Å². The largest absolute Gasteiger partial charge is 0.506 e. The zero-order valence-corrected chi connectivity index (χ0v) is 21.7. The molecule has 5 N–H and O–H groups in total. The lowest BCUT2D eigenvalue weighted by atomic mass is 9.93. The molecule has 3 rings (SSSR count). The van der Waals surface area contributed by atoms with Crippen LogP contribution < -0.4 is 14.8 Å². The van der Waals surface area contributed by atoms with Crippen LogP contribution in [0.4, 0.5) is 5.69 Å². The number of carboxylic acids is 1. The molecule has 10 heteroatoms. The molecule has 3 aromatic carbocycles. The van der Waals surface area contributed by atoms with E-state index in [0.717, 1.165) is 22.9 Å². The van der Waals surface area contributed by atoms with Crippen LogP contribution in [0, 0.1) is 0 Å². The number of carboxylic acid groups (broad SMARTS) is 1. The van der Waals surface area contributed by atoms with Gasteiger partial charge in [-0.2, -0.15) is 0 Å². The molecule has 0 heterocycles. The Hall–Kier alpha value is -3.60. The fraction of sp³-hybridized carbons (Fsp3) is 0.296. The summed E-state index contributed by atoms with van der Waals surface area (Å²) >= 11 is 0. The molecule has 0 aliphatic rings. The van der Waals surface area contributed by atoms with Crippen molar-refractivity contribution in [3.63, 3.8) is 0 Å². The van der Waals surface area contributed by atoms with E-state index >= 15 is 0 Å². The molecule has 0 bridgehead atoms. The van der Waals surface area contributed by atoms with Crippen LogP contribution in [0.25, 0.3) is 11.1 Å². The van der Waals surface area contributed by atoms with Gasteiger partial charge in [-0.15, -0.1) is 0 Å². The van der Waals surface area contributed by atoms with Crippen LogP contribution in [0.3, 0.4) is 0 Å². The lowest BCUT2D eigenvalue weighted by Gasteiger charge is -2.15. The van der Waals surface area contributed by atoms with Gasteiger partial charge >= 0.3 is 5.97 Å². The summed E-state index contributed by atoms with van der Waals surface area (Å²) in [4.78, 5) is 11.5. The van der Waals surface area contributed by atoms with Gasteiger partial charge in [-0.3, -0.25) is 4.72 Å². The highest BCUT2D eigenvalue weighted by molar-refractivity contribution is 7.92. The number of aromatic carboxylic acids is 1. The number of anilines is 1. The van der Waals surface area contributed by atoms with Gasteiger partial charge in [-0.05, 0) is 58.5 Å². The first-order valence-electron chi connectivity index (χ1n) is 11.7. The van der Waals surface area contributed by atoms with Crippen molar-refractivity contribution < 1.29 is 33.3 Å². The number of aliphatic hydroxyl groups excluding tert-OH is 1. The van der Waals surface area contributed by atoms with E-state index in [4.69, 9.17) is 4.74 Å². The number of hydrogen-bond donors (Lipinski definition) is 5. The molecule has 0 amide bonds. The van der Waals surface area contributed by atoms with Crippen molar-refractivity contribution in [1.82, 2.24) is 5.32 Å². The molecular formula is C27H32N2O7S. The van der Waals surface area contributed by atoms with Gasteiger partial charge in [0.15, 0.2) is 0 Å². The van der Waals surface area contributed by atoms with Crippen molar-refractivity contribution in [2.75, 3.05) is 30.7 Å². The summed E-state index contributed by atoms with van der Waals surface area (Å²) < 4.78 is 30.8. The lowest BCUT2D eigenvalue weighted by Crippen LogP contribution is -2.26. The summed E-state index contributed by atoms with van der Waals surface area (Å²) in [5.74, 6) is -0.407. The minimum absolute atomic E-state index is 0.00379. The number of carbonyl (C=O) groups is 1. The number of hydrogen-bond acceptors (Lipinski definition) is 7.